The summed E-state index contributed by atoms with van der Waals surface area (Å²) in [6.45, 7) is 19.0. The van der Waals surface area contributed by atoms with Crippen LogP contribution in [0.4, 0.5) is 0 Å². The van der Waals surface area contributed by atoms with Gasteiger partial charge in [-0.2, -0.15) is 0 Å². The van der Waals surface area contributed by atoms with Gasteiger partial charge in [-0.05, 0) is 0 Å². The zero-order valence-electron chi connectivity index (χ0n) is 8.02. The number of hydrogen-bond donors (Lipinski definition) is 0. The molecule has 4 heteroatoms. The Morgan fingerprint density at radius 3 is 1.00 bits per heavy atom. The van der Waals surface area contributed by atoms with E-state index in [1.807, 2.05) is 0 Å². The van der Waals surface area contributed by atoms with Crippen molar-refractivity contribution < 1.29 is 0 Å². The van der Waals surface area contributed by atoms with Crippen LogP contribution in [-0.4, -0.2) is 32.8 Å². The van der Waals surface area contributed by atoms with Crippen LogP contribution in [0, 0.1) is 0 Å². The predicted octanol–water partition coefficient (Wildman–Crippen LogP) is 1.98. The fourth-order valence-corrected chi connectivity index (χ4v) is 47.1. The summed E-state index contributed by atoms with van der Waals surface area (Å²) in [6, 6.07) is 0. The molecule has 0 aromatic heterocycles. The van der Waals surface area contributed by atoms with Gasteiger partial charge in [-0.15, -0.1) is 0 Å². The third kappa shape index (κ3) is 3.45. The molecule has 0 aromatic rings. The molecule has 0 unspecified atom stereocenters. The van der Waals surface area contributed by atoms with Crippen molar-refractivity contribution in [1.29, 1.82) is 0 Å². The van der Waals surface area contributed by atoms with E-state index in [0.29, 0.717) is 0 Å². The molecule has 0 aliphatic rings. The second-order valence-corrected chi connectivity index (χ2v) is 39.2. The average molecular weight is 232 g/mol. The molecule has 0 saturated heterocycles. The van der Waals surface area contributed by atoms with Gasteiger partial charge in [-0.1, -0.05) is 0 Å². The molecule has 0 saturated carbocycles. The summed E-state index contributed by atoms with van der Waals surface area (Å²) in [4.78, 5) is 0. The number of rotatable bonds is 2. The molecule has 0 rings (SSSR count). The predicted molar refractivity (Wildman–Crippen MR) is 58.2 cm³/mol. The van der Waals surface area contributed by atoms with Crippen LogP contribution in [-0.2, 0) is 0 Å². The van der Waals surface area contributed by atoms with Crippen LogP contribution in [0.5, 0.6) is 0 Å². The van der Waals surface area contributed by atoms with Crippen molar-refractivity contribution in [3.63, 3.8) is 0 Å². The van der Waals surface area contributed by atoms with Gasteiger partial charge in [-0.25, -0.2) is 0 Å². The standard InChI is InChI=1S/C6H18AsBSi2/c1-9(2,3)7(8)10(4,5)6/h1-6H3. The van der Waals surface area contributed by atoms with Gasteiger partial charge in [0.2, 0.25) is 0 Å². The second kappa shape index (κ2) is 3.20. The molecular weight excluding hydrogens is 214 g/mol. The molecule has 0 N–H and O–H groups in total. The summed E-state index contributed by atoms with van der Waals surface area (Å²) < 4.78 is 0. The minimum atomic E-state index is -0.911. The van der Waals surface area contributed by atoms with E-state index < -0.39 is 26.2 Å². The molecule has 0 nitrogen and oxygen atoms in total. The van der Waals surface area contributed by atoms with Gasteiger partial charge in [0, 0.05) is 0 Å². The van der Waals surface area contributed by atoms with E-state index in [9.17, 15) is 0 Å². The fourth-order valence-electron chi connectivity index (χ4n) is 1.01. The van der Waals surface area contributed by atoms with Crippen LogP contribution >= 0.6 is 0 Å². The zero-order chi connectivity index (χ0) is 8.58. The van der Waals surface area contributed by atoms with Crippen LogP contribution < -0.4 is 0 Å². The molecule has 10 heavy (non-hydrogen) atoms. The van der Waals surface area contributed by atoms with Gasteiger partial charge < -0.3 is 0 Å². The third-order valence-electron chi connectivity index (χ3n) is 1.45. The van der Waals surface area contributed by atoms with Crippen LogP contribution in [0.15, 0.2) is 0 Å². The minimum absolute atomic E-state index is 0.868. The average Bonchev–Trinajstić information content (AvgIpc) is 1.59. The van der Waals surface area contributed by atoms with E-state index in [0.717, 1.165) is 0 Å². The van der Waals surface area contributed by atoms with Crippen molar-refractivity contribution in [2.75, 3.05) is 0 Å². The molecule has 0 heterocycles. The van der Waals surface area contributed by atoms with Crippen molar-refractivity contribution in [2.24, 2.45) is 0 Å². The Morgan fingerprint density at radius 1 is 0.800 bits per heavy atom. The monoisotopic (exact) mass is 232 g/mol. The van der Waals surface area contributed by atoms with Crippen molar-refractivity contribution in [2.45, 2.75) is 39.3 Å². The van der Waals surface area contributed by atoms with Gasteiger partial charge in [0.1, 0.15) is 0 Å². The summed E-state index contributed by atoms with van der Waals surface area (Å²) in [5.74, 6) is 0. The van der Waals surface area contributed by atoms with E-state index in [2.05, 4.69) is 39.3 Å². The Kier molecular flexibility index (Phi) is 3.54. The first kappa shape index (κ1) is 11.1. The molecule has 2 radical (unpaired) electrons. The molecule has 0 bridgehead atoms. The third-order valence-corrected chi connectivity index (χ3v) is 43.4. The molecule has 0 fully saturated rings. The second-order valence-electron chi connectivity index (χ2n) is 4.71. The summed E-state index contributed by atoms with van der Waals surface area (Å²) in [7, 11) is 0. The Labute approximate surface area is 72.1 Å². The van der Waals surface area contributed by atoms with Gasteiger partial charge in [0.15, 0.2) is 0 Å². The molecular formula is C6H18AsBSi2. The van der Waals surface area contributed by atoms with Crippen molar-refractivity contribution in [3.8, 4) is 0 Å². The Balaban J connectivity index is 4.23. The topological polar surface area (TPSA) is 0 Å². The first-order chi connectivity index (χ1) is 4.15. The molecule has 0 amide bonds. The van der Waals surface area contributed by atoms with Gasteiger partial charge in [-0.3, -0.25) is 0 Å². The van der Waals surface area contributed by atoms with Crippen LogP contribution in [0.3, 0.4) is 0 Å². The van der Waals surface area contributed by atoms with Crippen molar-refractivity contribution in [3.05, 3.63) is 0 Å². The molecule has 58 valence electrons. The van der Waals surface area contributed by atoms with E-state index in [1.165, 1.54) is 0 Å². The first-order valence-corrected chi connectivity index (χ1v) is 17.3. The van der Waals surface area contributed by atoms with E-state index >= 15 is 0 Å². The Bertz CT molecular complexity index is 99.9. The SMILES string of the molecule is [B][As]([Si](C)(C)C)[Si](C)(C)C. The fraction of sp³-hybridized carbons (Fsp3) is 1.00. The van der Waals surface area contributed by atoms with Gasteiger partial charge in [0.25, 0.3) is 0 Å². The first-order valence-electron chi connectivity index (χ1n) is 3.71. The normalized spacial score (nSPS) is 14.3. The van der Waals surface area contributed by atoms with Gasteiger partial charge >= 0.3 is 72.1 Å². The Hall–Kier alpha value is 1.06. The van der Waals surface area contributed by atoms with Crippen LogP contribution in [0.2, 0.25) is 39.3 Å². The molecule has 0 aliphatic carbocycles. The maximum absolute atomic E-state index is 6.30. The van der Waals surface area contributed by atoms with Crippen LogP contribution in [0.1, 0.15) is 0 Å². The van der Waals surface area contributed by atoms with Crippen LogP contribution in [0.25, 0.3) is 0 Å². The summed E-state index contributed by atoms with van der Waals surface area (Å²) in [5, 5.41) is 0. The van der Waals surface area contributed by atoms with E-state index in [-0.39, 0.29) is 0 Å². The molecule has 0 aliphatic heterocycles. The maximum atomic E-state index is 6.30. The van der Waals surface area contributed by atoms with Gasteiger partial charge in [0.05, 0.1) is 0 Å². The zero-order valence-corrected chi connectivity index (χ0v) is 11.9. The van der Waals surface area contributed by atoms with Crippen molar-refractivity contribution in [1.82, 2.24) is 0 Å². The molecule has 0 aromatic carbocycles. The number of hydrogen-bond acceptors (Lipinski definition) is 0. The van der Waals surface area contributed by atoms with E-state index in [4.69, 9.17) is 6.54 Å². The molecule has 0 atom stereocenters. The van der Waals surface area contributed by atoms with E-state index in [1.54, 1.807) is 0 Å². The summed E-state index contributed by atoms with van der Waals surface area (Å²) in [6.07, 6.45) is 0. The Morgan fingerprint density at radius 2 is 1.00 bits per heavy atom. The quantitative estimate of drug-likeness (QED) is 0.638. The summed E-state index contributed by atoms with van der Waals surface area (Å²) >= 11 is -0.868. The van der Waals surface area contributed by atoms with Crippen molar-refractivity contribution >= 4 is 32.8 Å². The molecule has 0 spiro atoms. The summed E-state index contributed by atoms with van der Waals surface area (Å²) in [5.41, 5.74) is 0.